The van der Waals surface area contributed by atoms with Crippen molar-refractivity contribution in [3.8, 4) is 0 Å². The molecule has 162 valence electrons. The number of carbonyl (C=O) groups is 2. The minimum atomic E-state index is -5.08. The van der Waals surface area contributed by atoms with Gasteiger partial charge in [-0.25, -0.2) is 14.6 Å². The van der Waals surface area contributed by atoms with Crippen molar-refractivity contribution < 1.29 is 33.0 Å². The molecule has 8 nitrogen and oxygen atoms in total. The lowest BCUT2D eigenvalue weighted by Gasteiger charge is -2.35. The number of halogens is 4. The lowest BCUT2D eigenvalue weighted by atomic mass is 10.1. The quantitative estimate of drug-likeness (QED) is 0.738. The number of anilines is 1. The first-order valence-corrected chi connectivity index (χ1v) is 9.01. The molecule has 0 bridgehead atoms. The SMILES string of the molecule is O=C(O)C(F)(F)F.O=C(O)c1cccc(CN2CCN(c3cnccn3)CC2)c1Cl. The van der Waals surface area contributed by atoms with E-state index in [9.17, 15) is 18.0 Å². The third-order valence-corrected chi connectivity index (χ3v) is 4.64. The first kappa shape index (κ1) is 23.4. The van der Waals surface area contributed by atoms with Crippen molar-refractivity contribution in [2.24, 2.45) is 0 Å². The first-order valence-electron chi connectivity index (χ1n) is 8.63. The summed E-state index contributed by atoms with van der Waals surface area (Å²) in [6.45, 7) is 4.09. The monoisotopic (exact) mass is 446 g/mol. The molecule has 1 aliphatic rings. The molecular weight excluding hydrogens is 429 g/mol. The number of alkyl halides is 3. The maximum atomic E-state index is 11.1. The van der Waals surface area contributed by atoms with E-state index >= 15 is 0 Å². The molecule has 0 saturated carbocycles. The van der Waals surface area contributed by atoms with E-state index < -0.39 is 18.1 Å². The second-order valence-corrected chi connectivity index (χ2v) is 6.59. The van der Waals surface area contributed by atoms with E-state index in [1.807, 2.05) is 6.07 Å². The van der Waals surface area contributed by atoms with Gasteiger partial charge in [-0.3, -0.25) is 9.88 Å². The number of benzene rings is 1. The van der Waals surface area contributed by atoms with Gasteiger partial charge < -0.3 is 15.1 Å². The fraction of sp³-hybridized carbons (Fsp3) is 0.333. The van der Waals surface area contributed by atoms with Crippen LogP contribution in [0.25, 0.3) is 0 Å². The number of aliphatic carboxylic acids is 1. The third-order valence-electron chi connectivity index (χ3n) is 4.19. The van der Waals surface area contributed by atoms with Crippen LogP contribution in [-0.4, -0.2) is 69.4 Å². The normalized spacial score (nSPS) is 14.6. The van der Waals surface area contributed by atoms with Gasteiger partial charge in [0.2, 0.25) is 0 Å². The van der Waals surface area contributed by atoms with Crippen LogP contribution in [0.5, 0.6) is 0 Å². The molecule has 2 heterocycles. The van der Waals surface area contributed by atoms with Crippen LogP contribution in [0.15, 0.2) is 36.8 Å². The number of hydrogen-bond acceptors (Lipinski definition) is 6. The van der Waals surface area contributed by atoms with Crippen molar-refractivity contribution in [3.63, 3.8) is 0 Å². The van der Waals surface area contributed by atoms with E-state index in [-0.39, 0.29) is 5.56 Å². The lowest BCUT2D eigenvalue weighted by molar-refractivity contribution is -0.192. The Morgan fingerprint density at radius 2 is 1.73 bits per heavy atom. The van der Waals surface area contributed by atoms with Crippen molar-refractivity contribution in [1.29, 1.82) is 0 Å². The average molecular weight is 447 g/mol. The minimum absolute atomic E-state index is 0.155. The molecule has 0 aliphatic carbocycles. The summed E-state index contributed by atoms with van der Waals surface area (Å²) in [5.74, 6) is -2.87. The van der Waals surface area contributed by atoms with Crippen LogP contribution in [-0.2, 0) is 11.3 Å². The van der Waals surface area contributed by atoms with Gasteiger partial charge in [0.1, 0.15) is 5.82 Å². The van der Waals surface area contributed by atoms with Crippen molar-refractivity contribution >= 4 is 29.4 Å². The molecule has 0 radical (unpaired) electrons. The van der Waals surface area contributed by atoms with Crippen LogP contribution in [0, 0.1) is 0 Å². The standard InChI is InChI=1S/C16H17ClN4O2.C2HF3O2/c17-15-12(2-1-3-13(15)16(22)23)11-20-6-8-21(9-7-20)14-10-18-4-5-19-14;3-2(4,5)1(6)7/h1-5,10H,6-9,11H2,(H,22,23);(H,6,7). The van der Waals surface area contributed by atoms with Gasteiger partial charge in [0.05, 0.1) is 16.8 Å². The molecule has 1 saturated heterocycles. The molecule has 1 fully saturated rings. The van der Waals surface area contributed by atoms with Gasteiger partial charge in [-0.1, -0.05) is 23.7 Å². The summed E-state index contributed by atoms with van der Waals surface area (Å²) in [6, 6.07) is 5.14. The maximum absolute atomic E-state index is 11.1. The Morgan fingerprint density at radius 1 is 1.10 bits per heavy atom. The van der Waals surface area contributed by atoms with E-state index in [2.05, 4.69) is 19.8 Å². The average Bonchev–Trinajstić information content (AvgIpc) is 2.70. The summed E-state index contributed by atoms with van der Waals surface area (Å²) >= 11 is 6.21. The summed E-state index contributed by atoms with van der Waals surface area (Å²) in [6.07, 6.45) is 0.0406. The van der Waals surface area contributed by atoms with Crippen LogP contribution in [0.4, 0.5) is 19.0 Å². The summed E-state index contributed by atoms with van der Waals surface area (Å²) in [5, 5.41) is 16.6. The summed E-state index contributed by atoms with van der Waals surface area (Å²) < 4.78 is 31.7. The van der Waals surface area contributed by atoms with Crippen molar-refractivity contribution in [3.05, 3.63) is 52.9 Å². The number of nitrogens with zero attached hydrogens (tertiary/aromatic N) is 4. The van der Waals surface area contributed by atoms with E-state index in [0.717, 1.165) is 37.6 Å². The zero-order chi connectivity index (χ0) is 22.3. The fourth-order valence-electron chi connectivity index (χ4n) is 2.70. The summed E-state index contributed by atoms with van der Waals surface area (Å²) in [5.41, 5.74) is 1.00. The molecule has 1 aromatic carbocycles. The minimum Gasteiger partial charge on any atom is -0.478 e. The zero-order valence-corrected chi connectivity index (χ0v) is 16.3. The van der Waals surface area contributed by atoms with Gasteiger partial charge in [-0.2, -0.15) is 13.2 Å². The van der Waals surface area contributed by atoms with Gasteiger partial charge in [-0.15, -0.1) is 0 Å². The van der Waals surface area contributed by atoms with E-state index in [1.165, 1.54) is 6.07 Å². The maximum Gasteiger partial charge on any atom is 0.490 e. The Labute approximate surface area is 174 Å². The molecule has 30 heavy (non-hydrogen) atoms. The van der Waals surface area contributed by atoms with Crippen LogP contribution >= 0.6 is 11.6 Å². The lowest BCUT2D eigenvalue weighted by Crippen LogP contribution is -2.46. The highest BCUT2D eigenvalue weighted by Crippen LogP contribution is 2.23. The van der Waals surface area contributed by atoms with Crippen LogP contribution in [0.3, 0.4) is 0 Å². The molecule has 0 unspecified atom stereocenters. The highest BCUT2D eigenvalue weighted by atomic mass is 35.5. The van der Waals surface area contributed by atoms with Gasteiger partial charge >= 0.3 is 18.1 Å². The van der Waals surface area contributed by atoms with Gasteiger partial charge in [-0.05, 0) is 11.6 Å². The summed E-state index contributed by atoms with van der Waals surface area (Å²) in [4.78, 5) is 32.9. The van der Waals surface area contributed by atoms with Gasteiger partial charge in [0.25, 0.3) is 0 Å². The predicted octanol–water partition coefficient (Wildman–Crippen LogP) is 2.78. The molecule has 0 atom stereocenters. The van der Waals surface area contributed by atoms with Crippen LogP contribution < -0.4 is 4.90 Å². The molecule has 0 amide bonds. The first-order chi connectivity index (χ1) is 14.1. The Kier molecular flexibility index (Phi) is 7.95. The third kappa shape index (κ3) is 6.56. The van der Waals surface area contributed by atoms with Crippen molar-refractivity contribution in [1.82, 2.24) is 14.9 Å². The van der Waals surface area contributed by atoms with Crippen LogP contribution in [0.2, 0.25) is 5.02 Å². The Morgan fingerprint density at radius 3 is 2.23 bits per heavy atom. The van der Waals surface area contributed by atoms with E-state index in [1.54, 1.807) is 24.7 Å². The number of aromatic carboxylic acids is 1. The molecule has 2 N–H and O–H groups in total. The largest absolute Gasteiger partial charge is 0.490 e. The number of aromatic nitrogens is 2. The van der Waals surface area contributed by atoms with Crippen molar-refractivity contribution in [2.45, 2.75) is 12.7 Å². The van der Waals surface area contributed by atoms with Gasteiger partial charge in [0, 0.05) is 45.1 Å². The molecule has 1 aromatic heterocycles. The van der Waals surface area contributed by atoms with E-state index in [0.29, 0.717) is 11.6 Å². The highest BCUT2D eigenvalue weighted by molar-refractivity contribution is 6.34. The molecule has 2 aromatic rings. The van der Waals surface area contributed by atoms with Crippen LogP contribution in [0.1, 0.15) is 15.9 Å². The number of hydrogen-bond donors (Lipinski definition) is 2. The Bertz CT molecular complexity index is 875. The molecule has 12 heteroatoms. The zero-order valence-electron chi connectivity index (χ0n) is 15.5. The second kappa shape index (κ2) is 10.2. The smallest absolute Gasteiger partial charge is 0.478 e. The molecular formula is C18H18ClF3N4O4. The highest BCUT2D eigenvalue weighted by Gasteiger charge is 2.38. The molecule has 1 aliphatic heterocycles. The number of carboxylic acid groups (broad SMARTS) is 2. The summed E-state index contributed by atoms with van der Waals surface area (Å²) in [7, 11) is 0. The number of carboxylic acids is 2. The second-order valence-electron chi connectivity index (χ2n) is 6.21. The number of rotatable bonds is 4. The Hall–Kier alpha value is -2.92. The van der Waals surface area contributed by atoms with E-state index in [4.69, 9.17) is 26.6 Å². The fourth-order valence-corrected chi connectivity index (χ4v) is 2.96. The molecule has 3 rings (SSSR count). The molecule has 0 spiro atoms. The topological polar surface area (TPSA) is 107 Å². The van der Waals surface area contributed by atoms with Crippen molar-refractivity contribution in [2.75, 3.05) is 31.1 Å². The van der Waals surface area contributed by atoms with Gasteiger partial charge in [0.15, 0.2) is 0 Å². The predicted molar refractivity (Wildman–Crippen MR) is 102 cm³/mol. The number of piperazine rings is 1. The Balaban J connectivity index is 0.000000396.